The number of aryl methyl sites for hydroxylation is 1. The molecule has 6 rings (SSSR count). The number of para-hydroxylation sites is 1. The lowest BCUT2D eigenvalue weighted by Gasteiger charge is -2.31. The number of anilines is 1. The third kappa shape index (κ3) is 4.07. The highest BCUT2D eigenvalue weighted by molar-refractivity contribution is 6.06. The average Bonchev–Trinajstić information content (AvgIpc) is 3.31. The number of piperidine rings is 1. The molecule has 0 aliphatic carbocycles. The molecule has 1 saturated heterocycles. The van der Waals surface area contributed by atoms with Gasteiger partial charge in [0.15, 0.2) is 0 Å². The smallest absolute Gasteiger partial charge is 0.293 e. The van der Waals surface area contributed by atoms with Crippen LogP contribution in [0.15, 0.2) is 59.4 Å². The molecule has 5 aromatic rings. The van der Waals surface area contributed by atoms with Crippen molar-refractivity contribution in [1.82, 2.24) is 24.3 Å². The van der Waals surface area contributed by atoms with Crippen LogP contribution in [-0.2, 0) is 6.54 Å². The molecule has 2 aromatic carbocycles. The number of pyridine rings is 1. The van der Waals surface area contributed by atoms with Crippen molar-refractivity contribution in [3.05, 3.63) is 76.3 Å². The number of nitrogens with zero attached hydrogens (tertiary/aromatic N) is 6. The van der Waals surface area contributed by atoms with Crippen LogP contribution < -0.4 is 16.2 Å². The second kappa shape index (κ2) is 9.44. The van der Waals surface area contributed by atoms with E-state index in [0.717, 1.165) is 65.7 Å². The Morgan fingerprint density at radius 2 is 1.81 bits per heavy atom. The normalized spacial score (nSPS) is 16.5. The minimum atomic E-state index is -0.180. The summed E-state index contributed by atoms with van der Waals surface area (Å²) in [5, 5.41) is 7.94. The van der Waals surface area contributed by atoms with Crippen LogP contribution in [0, 0.1) is 6.92 Å². The quantitative estimate of drug-likeness (QED) is 0.363. The van der Waals surface area contributed by atoms with Gasteiger partial charge in [-0.2, -0.15) is 5.10 Å². The van der Waals surface area contributed by atoms with E-state index in [0.29, 0.717) is 16.7 Å². The fraction of sp³-hybridized carbons (Fsp3) is 0.310. The molecule has 188 valence electrons. The minimum absolute atomic E-state index is 0.0975. The molecule has 1 atom stereocenters. The van der Waals surface area contributed by atoms with E-state index in [1.807, 2.05) is 54.1 Å². The van der Waals surface area contributed by atoms with Crippen molar-refractivity contribution in [2.45, 2.75) is 45.7 Å². The molecule has 1 aliphatic rings. The number of hydrogen-bond donors (Lipinski definition) is 1. The number of fused-ring (bicyclic) bond motifs is 4. The van der Waals surface area contributed by atoms with Gasteiger partial charge >= 0.3 is 0 Å². The number of nitrogens with two attached hydrogens (primary N) is 1. The Morgan fingerprint density at radius 1 is 1.05 bits per heavy atom. The van der Waals surface area contributed by atoms with Crippen LogP contribution in [0.25, 0.3) is 38.9 Å². The Bertz CT molecular complexity index is 1720. The molecule has 2 N–H and O–H groups in total. The zero-order chi connectivity index (χ0) is 25.5. The molecule has 8 heteroatoms. The van der Waals surface area contributed by atoms with E-state index in [4.69, 9.17) is 20.8 Å². The van der Waals surface area contributed by atoms with Crippen molar-refractivity contribution in [3.63, 3.8) is 0 Å². The summed E-state index contributed by atoms with van der Waals surface area (Å²) in [5.41, 5.74) is 9.71. The summed E-state index contributed by atoms with van der Waals surface area (Å²) in [5.74, 6) is 0.754. The van der Waals surface area contributed by atoms with E-state index < -0.39 is 0 Å². The maximum absolute atomic E-state index is 14.0. The van der Waals surface area contributed by atoms with Gasteiger partial charge < -0.3 is 10.6 Å². The van der Waals surface area contributed by atoms with Gasteiger partial charge in [-0.05, 0) is 37.6 Å². The number of hydrogen-bond acceptors (Lipinski definition) is 6. The summed E-state index contributed by atoms with van der Waals surface area (Å²) in [6.07, 6.45) is 6.86. The number of rotatable bonds is 5. The molecule has 1 unspecified atom stereocenters. The predicted molar refractivity (Wildman–Crippen MR) is 150 cm³/mol. The molecule has 37 heavy (non-hydrogen) atoms. The first kappa shape index (κ1) is 23.4. The molecule has 1 aliphatic heterocycles. The van der Waals surface area contributed by atoms with E-state index in [-0.39, 0.29) is 18.1 Å². The molecule has 4 heterocycles. The number of aromatic nitrogens is 5. The lowest BCUT2D eigenvalue weighted by Crippen LogP contribution is -2.43. The Morgan fingerprint density at radius 3 is 2.59 bits per heavy atom. The van der Waals surface area contributed by atoms with E-state index in [9.17, 15) is 4.79 Å². The highest BCUT2D eigenvalue weighted by atomic mass is 16.1. The van der Waals surface area contributed by atoms with Gasteiger partial charge in [-0.15, -0.1) is 0 Å². The fourth-order valence-electron chi connectivity index (χ4n) is 5.38. The zero-order valence-electron chi connectivity index (χ0n) is 21.3. The van der Waals surface area contributed by atoms with Crippen LogP contribution in [0.1, 0.15) is 37.6 Å². The highest BCUT2D eigenvalue weighted by Crippen LogP contribution is 2.28. The summed E-state index contributed by atoms with van der Waals surface area (Å²) < 4.78 is 3.46. The summed E-state index contributed by atoms with van der Waals surface area (Å²) in [4.78, 5) is 26.0. The molecular weight excluding hydrogens is 462 g/mol. The van der Waals surface area contributed by atoms with Crippen LogP contribution >= 0.6 is 0 Å². The largest absolute Gasteiger partial charge is 0.340 e. The topological polar surface area (TPSA) is 94.9 Å². The number of benzene rings is 2. The summed E-state index contributed by atoms with van der Waals surface area (Å²) in [6.45, 7) is 5.85. The van der Waals surface area contributed by atoms with Crippen molar-refractivity contribution in [3.8, 4) is 0 Å². The first-order valence-electron chi connectivity index (χ1n) is 13.0. The first-order chi connectivity index (χ1) is 18.0. The van der Waals surface area contributed by atoms with E-state index in [2.05, 4.69) is 30.0 Å². The second-order valence-electron chi connectivity index (χ2n) is 9.79. The third-order valence-electron chi connectivity index (χ3n) is 7.16. The average molecular weight is 494 g/mol. The molecule has 1 fully saturated rings. The third-order valence-corrected chi connectivity index (χ3v) is 7.16. The predicted octanol–water partition coefficient (Wildman–Crippen LogP) is 4.46. The molecule has 0 amide bonds. The molecule has 8 nitrogen and oxygen atoms in total. The molecule has 0 saturated carbocycles. The Labute approximate surface area is 215 Å². The molecule has 3 aromatic heterocycles. The fourth-order valence-corrected chi connectivity index (χ4v) is 5.38. The van der Waals surface area contributed by atoms with Crippen LogP contribution in [0.2, 0.25) is 0 Å². The van der Waals surface area contributed by atoms with Crippen LogP contribution in [0.5, 0.6) is 0 Å². The summed E-state index contributed by atoms with van der Waals surface area (Å²) in [6, 6.07) is 16.4. The van der Waals surface area contributed by atoms with Crippen molar-refractivity contribution in [1.29, 1.82) is 0 Å². The van der Waals surface area contributed by atoms with Gasteiger partial charge in [-0.25, -0.2) is 9.67 Å². The number of allylic oxidation sites excluding steroid dienone is 1. The van der Waals surface area contributed by atoms with Gasteiger partial charge in [0, 0.05) is 36.1 Å². The van der Waals surface area contributed by atoms with Crippen LogP contribution in [0.3, 0.4) is 0 Å². The van der Waals surface area contributed by atoms with Gasteiger partial charge in [0.2, 0.25) is 5.95 Å². The number of imidazole rings is 1. The molecule has 0 radical (unpaired) electrons. The molecule has 0 bridgehead atoms. The van der Waals surface area contributed by atoms with Crippen molar-refractivity contribution in [2.24, 2.45) is 5.73 Å². The van der Waals surface area contributed by atoms with E-state index in [1.54, 1.807) is 0 Å². The van der Waals surface area contributed by atoms with Crippen molar-refractivity contribution < 1.29 is 0 Å². The first-order valence-corrected chi connectivity index (χ1v) is 13.0. The van der Waals surface area contributed by atoms with Gasteiger partial charge in [0.25, 0.3) is 5.56 Å². The monoisotopic (exact) mass is 493 g/mol. The zero-order valence-corrected chi connectivity index (χ0v) is 21.3. The SMILES string of the molecule is CCC=Cn1c(N2CCCC(N)C2)nc2c(C)nn(Cc3nc4ccccc4c4ccccc34)c(=O)c21. The van der Waals surface area contributed by atoms with Crippen LogP contribution in [0.4, 0.5) is 5.95 Å². The summed E-state index contributed by atoms with van der Waals surface area (Å²) in [7, 11) is 0. The maximum Gasteiger partial charge on any atom is 0.293 e. The Kier molecular flexibility index (Phi) is 5.96. The van der Waals surface area contributed by atoms with Gasteiger partial charge in [0.05, 0.1) is 23.4 Å². The lowest BCUT2D eigenvalue weighted by molar-refractivity contribution is 0.499. The Hall–Kier alpha value is -4.04. The van der Waals surface area contributed by atoms with Crippen LogP contribution in [-0.4, -0.2) is 43.4 Å². The van der Waals surface area contributed by atoms with Gasteiger partial charge in [-0.3, -0.25) is 14.3 Å². The lowest BCUT2D eigenvalue weighted by atomic mass is 10.0. The second-order valence-corrected chi connectivity index (χ2v) is 9.79. The van der Waals surface area contributed by atoms with E-state index >= 15 is 0 Å². The van der Waals surface area contributed by atoms with Gasteiger partial charge in [0.1, 0.15) is 11.0 Å². The maximum atomic E-state index is 14.0. The van der Waals surface area contributed by atoms with Crippen molar-refractivity contribution >= 4 is 44.9 Å². The highest BCUT2D eigenvalue weighted by Gasteiger charge is 2.25. The van der Waals surface area contributed by atoms with Gasteiger partial charge in [-0.1, -0.05) is 55.5 Å². The molecular formula is C29H31N7O. The minimum Gasteiger partial charge on any atom is -0.340 e. The van der Waals surface area contributed by atoms with Crippen molar-refractivity contribution in [2.75, 3.05) is 18.0 Å². The van der Waals surface area contributed by atoms with E-state index in [1.165, 1.54) is 4.68 Å². The Balaban J connectivity index is 1.53. The molecule has 0 spiro atoms. The standard InChI is InChI=1S/C29H31N7O/c1-3-4-16-35-27-26(32-29(35)34-15-9-10-20(30)17-34)19(2)33-36(28(27)37)18-25-23-13-6-5-11-21(23)22-12-7-8-14-24(22)31-25/h4-8,11-14,16,20H,3,9-10,15,17-18,30H2,1-2H3. The summed E-state index contributed by atoms with van der Waals surface area (Å²) >= 11 is 0.